The standard InChI is InChI=1S/C28H30N2O3/c1-19-8-10-24(23-7-5-4-6-22(19)23)28(31)27-20(2)30(13-12-29-14-16-33-17-15-29)26-11-9-21(32-3)18-25(26)27/h4-11,18H,12-17H2,1-3H3. The monoisotopic (exact) mass is 442 g/mol. The number of hydrogen-bond donors (Lipinski definition) is 0. The number of nitrogens with zero attached hydrogens (tertiary/aromatic N) is 2. The summed E-state index contributed by atoms with van der Waals surface area (Å²) in [7, 11) is 1.67. The van der Waals surface area contributed by atoms with Gasteiger partial charge in [0.25, 0.3) is 0 Å². The van der Waals surface area contributed by atoms with E-state index in [1.54, 1.807) is 7.11 Å². The molecule has 4 aromatic rings. The van der Waals surface area contributed by atoms with Crippen LogP contribution < -0.4 is 4.74 Å². The number of ether oxygens (including phenoxy) is 2. The molecule has 5 rings (SSSR count). The number of ketones is 1. The first kappa shape index (κ1) is 21.7. The van der Waals surface area contributed by atoms with Gasteiger partial charge in [-0.3, -0.25) is 9.69 Å². The van der Waals surface area contributed by atoms with Gasteiger partial charge in [-0.05, 0) is 48.4 Å². The molecule has 3 aromatic carbocycles. The molecule has 1 fully saturated rings. The second-order valence-corrected chi connectivity index (χ2v) is 8.75. The van der Waals surface area contributed by atoms with Crippen LogP contribution >= 0.6 is 0 Å². The van der Waals surface area contributed by atoms with Crippen molar-refractivity contribution in [1.29, 1.82) is 0 Å². The van der Waals surface area contributed by atoms with Crippen molar-refractivity contribution in [2.24, 2.45) is 0 Å². The van der Waals surface area contributed by atoms with Crippen molar-refractivity contribution in [3.8, 4) is 5.75 Å². The Morgan fingerprint density at radius 1 is 0.939 bits per heavy atom. The highest BCUT2D eigenvalue weighted by atomic mass is 16.5. The molecule has 0 bridgehead atoms. The lowest BCUT2D eigenvalue weighted by molar-refractivity contribution is 0.0365. The molecule has 1 aromatic heterocycles. The van der Waals surface area contributed by atoms with Crippen LogP contribution in [0.15, 0.2) is 54.6 Å². The first-order chi connectivity index (χ1) is 16.1. The fourth-order valence-electron chi connectivity index (χ4n) is 5.01. The molecule has 0 amide bonds. The lowest BCUT2D eigenvalue weighted by atomic mass is 9.93. The highest BCUT2D eigenvalue weighted by Crippen LogP contribution is 2.33. The SMILES string of the molecule is COc1ccc2c(c1)c(C(=O)c1ccc(C)c3ccccc13)c(C)n2CCN1CCOCC1. The van der Waals surface area contributed by atoms with Gasteiger partial charge >= 0.3 is 0 Å². The van der Waals surface area contributed by atoms with Gasteiger partial charge in [0.1, 0.15) is 5.75 Å². The number of rotatable bonds is 6. The molecular formula is C28H30N2O3. The summed E-state index contributed by atoms with van der Waals surface area (Å²) in [5.41, 5.74) is 4.75. The summed E-state index contributed by atoms with van der Waals surface area (Å²) < 4.78 is 13.3. The van der Waals surface area contributed by atoms with E-state index >= 15 is 0 Å². The Morgan fingerprint density at radius 2 is 1.70 bits per heavy atom. The van der Waals surface area contributed by atoms with Gasteiger partial charge < -0.3 is 14.0 Å². The summed E-state index contributed by atoms with van der Waals surface area (Å²) in [6, 6.07) is 18.2. The summed E-state index contributed by atoms with van der Waals surface area (Å²) in [4.78, 5) is 16.5. The second kappa shape index (κ2) is 9.00. The number of benzene rings is 3. The van der Waals surface area contributed by atoms with Gasteiger partial charge in [-0.25, -0.2) is 0 Å². The molecular weight excluding hydrogens is 412 g/mol. The molecule has 1 aliphatic rings. The Morgan fingerprint density at radius 3 is 2.45 bits per heavy atom. The van der Waals surface area contributed by atoms with E-state index in [4.69, 9.17) is 9.47 Å². The molecule has 5 nitrogen and oxygen atoms in total. The van der Waals surface area contributed by atoms with Crippen molar-refractivity contribution in [3.63, 3.8) is 0 Å². The molecule has 0 N–H and O–H groups in total. The smallest absolute Gasteiger partial charge is 0.196 e. The lowest BCUT2D eigenvalue weighted by Crippen LogP contribution is -2.38. The van der Waals surface area contributed by atoms with Crippen LogP contribution in [0.3, 0.4) is 0 Å². The topological polar surface area (TPSA) is 43.7 Å². The highest BCUT2D eigenvalue weighted by Gasteiger charge is 2.24. The summed E-state index contributed by atoms with van der Waals surface area (Å²) in [5.74, 6) is 0.822. The fraction of sp³-hybridized carbons (Fsp3) is 0.321. The molecule has 0 saturated carbocycles. The predicted molar refractivity (Wildman–Crippen MR) is 133 cm³/mol. The Kier molecular flexibility index (Phi) is 5.92. The van der Waals surface area contributed by atoms with E-state index in [2.05, 4.69) is 35.4 Å². The van der Waals surface area contributed by atoms with Crippen LogP contribution in [0, 0.1) is 13.8 Å². The number of aryl methyl sites for hydroxylation is 1. The van der Waals surface area contributed by atoms with Gasteiger partial charge in [-0.1, -0.05) is 36.4 Å². The normalized spacial score (nSPS) is 14.8. The zero-order valence-electron chi connectivity index (χ0n) is 19.6. The van der Waals surface area contributed by atoms with Gasteiger partial charge in [0.2, 0.25) is 0 Å². The van der Waals surface area contributed by atoms with Crippen LogP contribution in [0.5, 0.6) is 5.75 Å². The van der Waals surface area contributed by atoms with Gasteiger partial charge in [0.05, 0.1) is 25.9 Å². The van der Waals surface area contributed by atoms with Gasteiger partial charge in [0, 0.05) is 48.3 Å². The van der Waals surface area contributed by atoms with Crippen LogP contribution in [0.1, 0.15) is 27.2 Å². The largest absolute Gasteiger partial charge is 0.497 e. The van der Waals surface area contributed by atoms with Crippen molar-refractivity contribution in [2.75, 3.05) is 40.0 Å². The van der Waals surface area contributed by atoms with Crippen molar-refractivity contribution >= 4 is 27.5 Å². The van der Waals surface area contributed by atoms with E-state index in [0.717, 1.165) is 83.6 Å². The zero-order chi connectivity index (χ0) is 22.9. The fourth-order valence-corrected chi connectivity index (χ4v) is 5.01. The average molecular weight is 443 g/mol. The molecule has 0 radical (unpaired) electrons. The maximum Gasteiger partial charge on any atom is 0.196 e. The van der Waals surface area contributed by atoms with Crippen LogP contribution in [0.4, 0.5) is 0 Å². The molecule has 0 atom stereocenters. The summed E-state index contributed by atoms with van der Waals surface area (Å²) >= 11 is 0. The summed E-state index contributed by atoms with van der Waals surface area (Å²) in [5, 5.41) is 3.07. The Hall–Kier alpha value is -3.15. The van der Waals surface area contributed by atoms with E-state index in [0.29, 0.717) is 0 Å². The van der Waals surface area contributed by atoms with E-state index in [1.807, 2.05) is 42.5 Å². The summed E-state index contributed by atoms with van der Waals surface area (Å²) in [6.45, 7) is 9.39. The van der Waals surface area contributed by atoms with E-state index in [1.165, 1.54) is 5.56 Å². The zero-order valence-corrected chi connectivity index (χ0v) is 19.6. The molecule has 2 heterocycles. The molecule has 1 aliphatic heterocycles. The van der Waals surface area contributed by atoms with Crippen molar-refractivity contribution in [3.05, 3.63) is 77.0 Å². The Bertz CT molecular complexity index is 1330. The van der Waals surface area contributed by atoms with Gasteiger partial charge in [0.15, 0.2) is 5.78 Å². The van der Waals surface area contributed by atoms with Crippen molar-refractivity contribution < 1.29 is 14.3 Å². The average Bonchev–Trinajstić information content (AvgIpc) is 3.13. The first-order valence-corrected chi connectivity index (χ1v) is 11.6. The number of methoxy groups -OCH3 is 1. The second-order valence-electron chi connectivity index (χ2n) is 8.75. The Balaban J connectivity index is 1.62. The number of morpholine rings is 1. The third-order valence-electron chi connectivity index (χ3n) is 6.89. The minimum absolute atomic E-state index is 0.0621. The van der Waals surface area contributed by atoms with E-state index in [9.17, 15) is 4.79 Å². The number of fused-ring (bicyclic) bond motifs is 2. The molecule has 0 unspecified atom stereocenters. The quantitative estimate of drug-likeness (QED) is 0.395. The molecule has 0 aliphatic carbocycles. The van der Waals surface area contributed by atoms with Gasteiger partial charge in [-0.2, -0.15) is 0 Å². The van der Waals surface area contributed by atoms with E-state index in [-0.39, 0.29) is 5.78 Å². The molecule has 5 heteroatoms. The van der Waals surface area contributed by atoms with Crippen molar-refractivity contribution in [2.45, 2.75) is 20.4 Å². The van der Waals surface area contributed by atoms with E-state index < -0.39 is 0 Å². The predicted octanol–water partition coefficient (Wildman–Crippen LogP) is 4.98. The minimum atomic E-state index is 0.0621. The van der Waals surface area contributed by atoms with Crippen LogP contribution in [-0.2, 0) is 11.3 Å². The molecule has 170 valence electrons. The molecule has 0 spiro atoms. The molecule has 1 saturated heterocycles. The van der Waals surface area contributed by atoms with Crippen molar-refractivity contribution in [1.82, 2.24) is 9.47 Å². The Labute approximate surface area is 194 Å². The maximum absolute atomic E-state index is 14.0. The van der Waals surface area contributed by atoms with Crippen LogP contribution in [0.25, 0.3) is 21.7 Å². The number of aromatic nitrogens is 1. The first-order valence-electron chi connectivity index (χ1n) is 11.6. The lowest BCUT2D eigenvalue weighted by Gasteiger charge is -2.27. The van der Waals surface area contributed by atoms with Crippen LogP contribution in [0.2, 0.25) is 0 Å². The number of hydrogen-bond acceptors (Lipinski definition) is 4. The van der Waals surface area contributed by atoms with Crippen LogP contribution in [-0.4, -0.2) is 55.2 Å². The maximum atomic E-state index is 14.0. The summed E-state index contributed by atoms with van der Waals surface area (Å²) in [6.07, 6.45) is 0. The minimum Gasteiger partial charge on any atom is -0.497 e. The molecule has 33 heavy (non-hydrogen) atoms. The van der Waals surface area contributed by atoms with Gasteiger partial charge in [-0.15, -0.1) is 0 Å². The third-order valence-corrected chi connectivity index (χ3v) is 6.89. The number of carbonyl (C=O) groups excluding carboxylic acids is 1. The highest BCUT2D eigenvalue weighted by molar-refractivity contribution is 6.22. The number of carbonyl (C=O) groups is 1. The third kappa shape index (κ3) is 3.92.